The van der Waals surface area contributed by atoms with Crippen molar-refractivity contribution in [3.63, 3.8) is 0 Å². The van der Waals surface area contributed by atoms with Crippen LogP contribution in [0.3, 0.4) is 0 Å². The van der Waals surface area contributed by atoms with Crippen molar-refractivity contribution in [1.82, 2.24) is 30.3 Å². The second-order valence-electron chi connectivity index (χ2n) is 12.6. The number of anilines is 1. The third-order valence-electron chi connectivity index (χ3n) is 9.08. The molecule has 51 heavy (non-hydrogen) atoms. The molecule has 1 aliphatic heterocycles. The van der Waals surface area contributed by atoms with Gasteiger partial charge in [-0.05, 0) is 76.7 Å². The number of H-pyrrole nitrogens is 1. The van der Waals surface area contributed by atoms with Gasteiger partial charge in [0.25, 0.3) is 11.8 Å². The highest BCUT2D eigenvalue weighted by Gasteiger charge is 2.39. The Morgan fingerprint density at radius 2 is 1.69 bits per heavy atom. The molecule has 1 atom stereocenters. The molecule has 1 aliphatic rings. The fourth-order valence-corrected chi connectivity index (χ4v) is 5.87. The van der Waals surface area contributed by atoms with Gasteiger partial charge in [0.1, 0.15) is 5.82 Å². The zero-order valence-corrected chi connectivity index (χ0v) is 30.7. The van der Waals surface area contributed by atoms with Gasteiger partial charge in [-0.2, -0.15) is 0 Å². The maximum atomic E-state index is 14.5. The number of carbonyl (C=O) groups is 6. The van der Waals surface area contributed by atoms with Gasteiger partial charge in [-0.1, -0.05) is 13.8 Å². The highest BCUT2D eigenvalue weighted by Crippen LogP contribution is 2.39. The fourth-order valence-electron chi connectivity index (χ4n) is 5.87. The van der Waals surface area contributed by atoms with Gasteiger partial charge in [-0.15, -0.1) is 0 Å². The van der Waals surface area contributed by atoms with Gasteiger partial charge in [0, 0.05) is 70.1 Å². The number of rotatable bonds is 17. The smallest absolute Gasteiger partial charge is 0.331 e. The summed E-state index contributed by atoms with van der Waals surface area (Å²) in [5, 5.41) is 5.54. The van der Waals surface area contributed by atoms with E-state index in [0.717, 1.165) is 24.1 Å². The monoisotopic (exact) mass is 710 g/mol. The average Bonchev–Trinajstić information content (AvgIpc) is 3.53. The molecule has 14 nitrogen and oxygen atoms in total. The van der Waals surface area contributed by atoms with Gasteiger partial charge in [0.15, 0.2) is 5.78 Å². The van der Waals surface area contributed by atoms with Crippen molar-refractivity contribution in [2.75, 3.05) is 64.8 Å². The third kappa shape index (κ3) is 10.1. The molecular formula is C36H51FN8O6. The molecule has 3 rings (SSSR count). The Hall–Kier alpha value is -4.89. The number of halogens is 1. The summed E-state index contributed by atoms with van der Waals surface area (Å²) in [6.45, 7) is 12.3. The van der Waals surface area contributed by atoms with Crippen LogP contribution in [-0.4, -0.2) is 121 Å². The minimum Gasteiger partial charge on any atom is -0.358 e. The molecule has 1 aromatic heterocycles. The van der Waals surface area contributed by atoms with Crippen LogP contribution in [0.4, 0.5) is 14.9 Å². The normalized spacial score (nSPS) is 13.7. The standard InChI is InChI=1S/C36H51FN8O6/c1-8-44(9-2)17-16-39-34(49)33-22(3)29(40-23(33)4)21-27-26-20-25(37)10-11-30(26)45(35(27)50)36(51)43(7)19-18-42(6)32(48)13-12-31(47)41-28(14-15-38)24(5)46/h10-11,20-21,28,40H,8-9,12-19,38H2,1-7H3,(H,39,49)(H,41,47)/b27-21-/t28-/m1/s1. The molecular weight excluding hydrogens is 659 g/mol. The third-order valence-corrected chi connectivity index (χ3v) is 9.08. The first-order valence-corrected chi connectivity index (χ1v) is 17.2. The summed E-state index contributed by atoms with van der Waals surface area (Å²) in [4.78, 5) is 86.3. The minimum absolute atomic E-state index is 0.0528. The van der Waals surface area contributed by atoms with Crippen molar-refractivity contribution < 1.29 is 33.2 Å². The molecule has 6 amide bonds. The van der Waals surface area contributed by atoms with Crippen LogP contribution in [0.5, 0.6) is 0 Å². The summed E-state index contributed by atoms with van der Waals surface area (Å²) in [6.07, 6.45) is 1.59. The van der Waals surface area contributed by atoms with Crippen molar-refractivity contribution in [2.24, 2.45) is 5.73 Å². The lowest BCUT2D eigenvalue weighted by Gasteiger charge is -2.26. The van der Waals surface area contributed by atoms with Crippen molar-refractivity contribution in [2.45, 2.75) is 59.9 Å². The van der Waals surface area contributed by atoms with Crippen LogP contribution >= 0.6 is 0 Å². The lowest BCUT2D eigenvalue weighted by Crippen LogP contribution is -2.46. The number of nitrogens with zero attached hydrogens (tertiary/aromatic N) is 4. The molecule has 2 heterocycles. The van der Waals surface area contributed by atoms with Crippen LogP contribution in [0, 0.1) is 19.7 Å². The van der Waals surface area contributed by atoms with Crippen molar-refractivity contribution in [1.29, 1.82) is 0 Å². The SMILES string of the molecule is CCN(CC)CCNC(=O)c1c(C)[nH]c(/C=C2\C(=O)N(C(=O)N(C)CCN(C)C(=O)CCC(=O)N[C@H](CCN)C(C)=O)c3ccc(F)cc32)c1C. The summed E-state index contributed by atoms with van der Waals surface area (Å²) in [5.41, 5.74) is 8.14. The second kappa shape index (κ2) is 18.4. The molecule has 0 aliphatic carbocycles. The van der Waals surface area contributed by atoms with Gasteiger partial charge >= 0.3 is 6.03 Å². The molecule has 5 N–H and O–H groups in total. The molecule has 1 aromatic carbocycles. The Labute approximate surface area is 298 Å². The molecule has 0 radical (unpaired) electrons. The summed E-state index contributed by atoms with van der Waals surface area (Å²) in [5.74, 6) is -2.52. The number of carbonyl (C=O) groups excluding carboxylic acids is 6. The number of hydrogen-bond donors (Lipinski definition) is 4. The maximum absolute atomic E-state index is 14.5. The number of likely N-dealkylation sites (N-methyl/N-ethyl adjacent to an activating group) is 3. The lowest BCUT2D eigenvalue weighted by atomic mass is 10.0. The number of aryl methyl sites for hydroxylation is 1. The first-order valence-electron chi connectivity index (χ1n) is 17.2. The minimum atomic E-state index is -0.701. The average molecular weight is 711 g/mol. The number of Topliss-reactive ketones (excluding diaryl/α,β-unsaturated/α-hetero) is 1. The van der Waals surface area contributed by atoms with E-state index in [0.29, 0.717) is 42.0 Å². The number of ketones is 1. The number of nitrogens with one attached hydrogen (secondary N) is 3. The van der Waals surface area contributed by atoms with Gasteiger partial charge in [0.2, 0.25) is 11.8 Å². The van der Waals surface area contributed by atoms with Crippen LogP contribution in [-0.2, 0) is 19.2 Å². The molecule has 278 valence electrons. The van der Waals surface area contributed by atoms with Crippen LogP contribution < -0.4 is 21.3 Å². The Kier molecular flexibility index (Phi) is 14.6. The maximum Gasteiger partial charge on any atom is 0.331 e. The predicted molar refractivity (Wildman–Crippen MR) is 193 cm³/mol. The molecule has 0 saturated carbocycles. The summed E-state index contributed by atoms with van der Waals surface area (Å²) >= 11 is 0. The van der Waals surface area contributed by atoms with E-state index in [1.54, 1.807) is 13.8 Å². The van der Waals surface area contributed by atoms with Gasteiger partial charge < -0.3 is 36.1 Å². The molecule has 15 heteroatoms. The number of nitrogens with two attached hydrogens (primary N) is 1. The highest BCUT2D eigenvalue weighted by atomic mass is 19.1. The Balaban J connectivity index is 1.71. The van der Waals surface area contributed by atoms with E-state index in [2.05, 4.69) is 34.4 Å². The number of aromatic amines is 1. The van der Waals surface area contributed by atoms with Crippen molar-refractivity contribution in [3.05, 3.63) is 52.1 Å². The van der Waals surface area contributed by atoms with E-state index in [4.69, 9.17) is 5.73 Å². The molecule has 2 aromatic rings. The van der Waals surface area contributed by atoms with E-state index in [9.17, 15) is 33.2 Å². The van der Waals surface area contributed by atoms with E-state index >= 15 is 0 Å². The van der Waals surface area contributed by atoms with E-state index in [1.807, 2.05) is 0 Å². The quantitative estimate of drug-likeness (QED) is 0.181. The zero-order valence-electron chi connectivity index (χ0n) is 30.7. The first kappa shape index (κ1) is 40.5. The van der Waals surface area contributed by atoms with Crippen LogP contribution in [0.25, 0.3) is 11.6 Å². The Morgan fingerprint density at radius 1 is 1.02 bits per heavy atom. The largest absolute Gasteiger partial charge is 0.358 e. The molecule has 0 spiro atoms. The number of fused-ring (bicyclic) bond motifs is 1. The Morgan fingerprint density at radius 3 is 2.31 bits per heavy atom. The molecule has 0 fully saturated rings. The van der Waals surface area contributed by atoms with E-state index < -0.39 is 29.7 Å². The number of amides is 6. The number of benzene rings is 1. The zero-order chi connectivity index (χ0) is 38.0. The fraction of sp³-hybridized carbons (Fsp3) is 0.500. The first-order chi connectivity index (χ1) is 24.1. The highest BCUT2D eigenvalue weighted by molar-refractivity contribution is 6.42. The van der Waals surface area contributed by atoms with Gasteiger partial charge in [-0.25, -0.2) is 14.1 Å². The summed E-state index contributed by atoms with van der Waals surface area (Å²) < 4.78 is 14.5. The van der Waals surface area contributed by atoms with E-state index in [1.165, 1.54) is 49.0 Å². The van der Waals surface area contributed by atoms with Gasteiger partial charge in [0.05, 0.1) is 22.9 Å². The lowest BCUT2D eigenvalue weighted by molar-refractivity contribution is -0.133. The van der Waals surface area contributed by atoms with E-state index in [-0.39, 0.29) is 66.9 Å². The van der Waals surface area contributed by atoms with Gasteiger partial charge in [-0.3, -0.25) is 24.0 Å². The second-order valence-corrected chi connectivity index (χ2v) is 12.6. The Bertz CT molecular complexity index is 1670. The number of imide groups is 1. The summed E-state index contributed by atoms with van der Waals surface area (Å²) in [6, 6.07) is 2.33. The van der Waals surface area contributed by atoms with Crippen molar-refractivity contribution in [3.8, 4) is 0 Å². The number of hydrogen-bond acceptors (Lipinski definition) is 8. The van der Waals surface area contributed by atoms with Crippen LogP contribution in [0.2, 0.25) is 0 Å². The summed E-state index contributed by atoms with van der Waals surface area (Å²) in [7, 11) is 3.01. The van der Waals surface area contributed by atoms with Crippen LogP contribution in [0.1, 0.15) is 72.9 Å². The number of urea groups is 1. The topological polar surface area (TPSA) is 181 Å². The van der Waals surface area contributed by atoms with Crippen LogP contribution in [0.15, 0.2) is 18.2 Å². The molecule has 0 unspecified atom stereocenters. The molecule has 0 bridgehead atoms. The predicted octanol–water partition coefficient (Wildman–Crippen LogP) is 2.44. The number of aromatic nitrogens is 1. The van der Waals surface area contributed by atoms with Crippen molar-refractivity contribution >= 4 is 52.8 Å². The molecule has 0 saturated heterocycles.